The minimum absolute atomic E-state index is 0.329. The van der Waals surface area contributed by atoms with Crippen molar-refractivity contribution in [3.8, 4) is 34.5 Å². The molecule has 7 heteroatoms. The molecule has 0 saturated carbocycles. The van der Waals surface area contributed by atoms with Gasteiger partial charge < -0.3 is 0 Å². The van der Waals surface area contributed by atoms with Gasteiger partial charge in [-0.25, -0.2) is 0 Å². The molecule has 27 heavy (non-hydrogen) atoms. The minimum atomic E-state index is 0.329. The van der Waals surface area contributed by atoms with Crippen LogP contribution in [0.2, 0.25) is 0 Å². The zero-order valence-corrected chi connectivity index (χ0v) is 18.3. The van der Waals surface area contributed by atoms with Crippen molar-refractivity contribution < 1.29 is 28.4 Å². The first kappa shape index (κ1) is 21.1. The zero-order chi connectivity index (χ0) is 19.8. The molecule has 0 unspecified atom stereocenters. The van der Waals surface area contributed by atoms with Crippen LogP contribution in [-0.2, 0) is 10.6 Å². The van der Waals surface area contributed by atoms with Crippen LogP contribution in [0.4, 0.5) is 0 Å². The van der Waals surface area contributed by atoms with Crippen molar-refractivity contribution in [3.05, 3.63) is 35.4 Å². The molecule has 0 N–H and O–H groups in total. The van der Waals surface area contributed by atoms with Gasteiger partial charge in [-0.2, -0.15) is 0 Å². The standard InChI is InChI=1S/C20H26O6Se/c1-21-15-7-13(8-16(22-2)19(15)25-5)11-27-12-14-9-17(23-3)20(26-6)18(10-14)24-4/h7-10H,11-12H2,1-6H3. The predicted molar refractivity (Wildman–Crippen MR) is 105 cm³/mol. The third kappa shape index (κ3) is 4.93. The molecule has 0 atom stereocenters. The molecule has 2 aromatic carbocycles. The Morgan fingerprint density at radius 3 is 1.04 bits per heavy atom. The van der Waals surface area contributed by atoms with Crippen molar-refractivity contribution in [2.24, 2.45) is 0 Å². The van der Waals surface area contributed by atoms with Gasteiger partial charge in [0, 0.05) is 0 Å². The van der Waals surface area contributed by atoms with Gasteiger partial charge in [0.25, 0.3) is 0 Å². The van der Waals surface area contributed by atoms with E-state index in [2.05, 4.69) is 0 Å². The van der Waals surface area contributed by atoms with Crippen molar-refractivity contribution in [2.45, 2.75) is 10.6 Å². The number of ether oxygens (including phenoxy) is 6. The third-order valence-electron chi connectivity index (χ3n) is 3.99. The number of hydrogen-bond donors (Lipinski definition) is 0. The van der Waals surface area contributed by atoms with E-state index in [1.165, 1.54) is 0 Å². The van der Waals surface area contributed by atoms with Gasteiger partial charge >= 0.3 is 167 Å². The van der Waals surface area contributed by atoms with Crippen molar-refractivity contribution in [1.82, 2.24) is 0 Å². The van der Waals surface area contributed by atoms with Crippen LogP contribution in [0, 0.1) is 0 Å². The van der Waals surface area contributed by atoms with Crippen molar-refractivity contribution in [1.29, 1.82) is 0 Å². The van der Waals surface area contributed by atoms with Gasteiger partial charge in [0.15, 0.2) is 0 Å². The Morgan fingerprint density at radius 2 is 0.815 bits per heavy atom. The van der Waals surface area contributed by atoms with Crippen molar-refractivity contribution >= 4 is 15.0 Å². The molecule has 0 radical (unpaired) electrons. The average molecular weight is 441 g/mol. The summed E-state index contributed by atoms with van der Waals surface area (Å²) in [5.74, 6) is 3.93. The molecule has 0 aromatic heterocycles. The first-order chi connectivity index (χ1) is 13.1. The van der Waals surface area contributed by atoms with Crippen LogP contribution in [0.25, 0.3) is 0 Å². The first-order valence-electron chi connectivity index (χ1n) is 8.27. The summed E-state index contributed by atoms with van der Waals surface area (Å²) in [4.78, 5) is 0. The Bertz CT molecular complexity index is 649. The maximum absolute atomic E-state index is 5.43. The van der Waals surface area contributed by atoms with Gasteiger partial charge in [-0.15, -0.1) is 0 Å². The SMILES string of the molecule is COc1cc(C[Se]Cc2cc(OC)c(OC)c(OC)c2)cc(OC)c1OC. The molecule has 2 aromatic rings. The second-order valence-corrected chi connectivity index (χ2v) is 7.63. The Hall–Kier alpha value is -2.24. The second-order valence-electron chi connectivity index (χ2n) is 5.56. The Morgan fingerprint density at radius 1 is 0.519 bits per heavy atom. The van der Waals surface area contributed by atoms with Gasteiger partial charge in [-0.3, -0.25) is 0 Å². The monoisotopic (exact) mass is 442 g/mol. The molecule has 0 heterocycles. The Labute approximate surface area is 166 Å². The summed E-state index contributed by atoms with van der Waals surface area (Å²) in [7, 11) is 9.72. The van der Waals surface area contributed by atoms with Crippen LogP contribution < -0.4 is 28.4 Å². The molecule has 0 aliphatic carbocycles. The van der Waals surface area contributed by atoms with E-state index in [0.29, 0.717) is 49.5 Å². The summed E-state index contributed by atoms with van der Waals surface area (Å²) in [5.41, 5.74) is 2.30. The molecule has 0 fully saturated rings. The molecule has 0 spiro atoms. The van der Waals surface area contributed by atoms with Crippen molar-refractivity contribution in [2.75, 3.05) is 42.7 Å². The predicted octanol–water partition coefficient (Wildman–Crippen LogP) is 3.14. The van der Waals surface area contributed by atoms with Gasteiger partial charge in [0.1, 0.15) is 0 Å². The Balaban J connectivity index is 2.14. The molecule has 0 amide bonds. The quantitative estimate of drug-likeness (QED) is 0.528. The van der Waals surface area contributed by atoms with Gasteiger partial charge in [0.05, 0.1) is 0 Å². The molecule has 6 nitrogen and oxygen atoms in total. The third-order valence-corrected chi connectivity index (χ3v) is 6.24. The van der Waals surface area contributed by atoms with E-state index in [9.17, 15) is 0 Å². The number of benzene rings is 2. The topological polar surface area (TPSA) is 55.4 Å². The molecule has 0 aliphatic heterocycles. The second kappa shape index (κ2) is 10.2. The van der Waals surface area contributed by atoms with Crippen LogP contribution in [0.3, 0.4) is 0 Å². The molecule has 148 valence electrons. The Kier molecular flexibility index (Phi) is 7.95. The maximum atomic E-state index is 5.43. The number of hydrogen-bond acceptors (Lipinski definition) is 6. The summed E-state index contributed by atoms with van der Waals surface area (Å²) in [6.07, 6.45) is 0. The zero-order valence-electron chi connectivity index (χ0n) is 16.6. The molecular formula is C20H26O6Se. The van der Waals surface area contributed by atoms with Crippen LogP contribution in [-0.4, -0.2) is 57.6 Å². The summed E-state index contributed by atoms with van der Waals surface area (Å²) < 4.78 is 32.5. The van der Waals surface area contributed by atoms with E-state index in [0.717, 1.165) is 21.8 Å². The van der Waals surface area contributed by atoms with Gasteiger partial charge in [0.2, 0.25) is 0 Å². The molecule has 2 rings (SSSR count). The van der Waals surface area contributed by atoms with E-state index in [4.69, 9.17) is 28.4 Å². The summed E-state index contributed by atoms with van der Waals surface area (Å²) in [5, 5.41) is 1.86. The summed E-state index contributed by atoms with van der Waals surface area (Å²) >= 11 is 0.329. The molecule has 0 bridgehead atoms. The summed E-state index contributed by atoms with van der Waals surface area (Å²) in [6.45, 7) is 0. The fraction of sp³-hybridized carbons (Fsp3) is 0.400. The molecule has 0 saturated heterocycles. The van der Waals surface area contributed by atoms with Gasteiger partial charge in [-0.1, -0.05) is 0 Å². The molecule has 0 aliphatic rings. The fourth-order valence-electron chi connectivity index (χ4n) is 2.72. The average Bonchev–Trinajstić information content (AvgIpc) is 2.71. The van der Waals surface area contributed by atoms with E-state index in [1.54, 1.807) is 42.7 Å². The molecular weight excluding hydrogens is 415 g/mol. The normalized spacial score (nSPS) is 10.3. The number of methoxy groups -OCH3 is 6. The van der Waals surface area contributed by atoms with Gasteiger partial charge in [-0.05, 0) is 0 Å². The van der Waals surface area contributed by atoms with Crippen molar-refractivity contribution in [3.63, 3.8) is 0 Å². The van der Waals surface area contributed by atoms with E-state index in [-0.39, 0.29) is 0 Å². The first-order valence-corrected chi connectivity index (χ1v) is 10.7. The van der Waals surface area contributed by atoms with Crippen LogP contribution in [0.1, 0.15) is 11.1 Å². The van der Waals surface area contributed by atoms with Crippen LogP contribution in [0.5, 0.6) is 34.5 Å². The summed E-state index contributed by atoms with van der Waals surface area (Å²) in [6, 6.07) is 7.99. The van der Waals surface area contributed by atoms with Crippen LogP contribution in [0.15, 0.2) is 24.3 Å². The number of rotatable bonds is 10. The van der Waals surface area contributed by atoms with Crippen LogP contribution >= 0.6 is 0 Å². The van der Waals surface area contributed by atoms with E-state index < -0.39 is 0 Å². The fourth-order valence-corrected chi connectivity index (χ4v) is 4.63. The van der Waals surface area contributed by atoms with E-state index in [1.807, 2.05) is 24.3 Å². The van der Waals surface area contributed by atoms with E-state index >= 15 is 0 Å².